The molecule has 21 heteroatoms. The van der Waals surface area contributed by atoms with Gasteiger partial charge in [0.2, 0.25) is 5.82 Å². The first-order valence-corrected chi connectivity index (χ1v) is 25.5. The number of aromatic hydroxyl groups is 3. The zero-order valence-corrected chi connectivity index (χ0v) is 41.6. The number of piperazine rings is 2. The van der Waals surface area contributed by atoms with Crippen molar-refractivity contribution in [2.24, 2.45) is 0 Å². The molecule has 2 unspecified atom stereocenters. The van der Waals surface area contributed by atoms with Crippen molar-refractivity contribution in [2.45, 2.75) is 75.9 Å². The number of hydrogen-bond donors (Lipinski definition) is 5. The molecule has 2 bridgehead atoms. The van der Waals surface area contributed by atoms with Gasteiger partial charge in [-0.3, -0.25) is 29.0 Å². The molecule has 392 valence electrons. The van der Waals surface area contributed by atoms with Crippen LogP contribution in [0.25, 0.3) is 50.0 Å². The Balaban J connectivity index is 0.737. The summed E-state index contributed by atoms with van der Waals surface area (Å²) in [5.74, 6) is -1.92. The number of aromatic nitrogens is 6. The number of ether oxygens (including phenoxy) is 1. The second kappa shape index (κ2) is 20.5. The quantitative estimate of drug-likeness (QED) is 0.0714. The molecule has 4 atom stereocenters. The lowest BCUT2D eigenvalue weighted by atomic mass is 10.0. The van der Waals surface area contributed by atoms with E-state index < -0.39 is 30.3 Å². The molecule has 75 heavy (non-hydrogen) atoms. The highest BCUT2D eigenvalue weighted by atomic mass is 19.4. The van der Waals surface area contributed by atoms with Crippen molar-refractivity contribution in [3.63, 3.8) is 0 Å². The number of fused-ring (bicyclic) bond motifs is 4. The van der Waals surface area contributed by atoms with E-state index in [2.05, 4.69) is 47.1 Å². The fourth-order valence-electron chi connectivity index (χ4n) is 11.3. The van der Waals surface area contributed by atoms with Crippen LogP contribution >= 0.6 is 0 Å². The molecule has 7 heterocycles. The molecular weight excluding hydrogens is 973 g/mol. The van der Waals surface area contributed by atoms with E-state index in [0.29, 0.717) is 65.7 Å². The maximum Gasteiger partial charge on any atom is 0.405 e. The van der Waals surface area contributed by atoms with Crippen molar-refractivity contribution in [1.29, 1.82) is 0 Å². The van der Waals surface area contributed by atoms with Crippen molar-refractivity contribution >= 4 is 33.4 Å². The maximum atomic E-state index is 17.0. The Morgan fingerprint density at radius 3 is 2.32 bits per heavy atom. The number of likely N-dealkylation sites (tertiary alicyclic amines) is 1. The van der Waals surface area contributed by atoms with Gasteiger partial charge in [-0.1, -0.05) is 43.3 Å². The zero-order chi connectivity index (χ0) is 52.1. The summed E-state index contributed by atoms with van der Waals surface area (Å²) in [4.78, 5) is 36.8. The van der Waals surface area contributed by atoms with E-state index in [1.807, 2.05) is 48.6 Å². The highest BCUT2D eigenvalue weighted by Crippen LogP contribution is 2.39. The summed E-state index contributed by atoms with van der Waals surface area (Å²) in [5, 5.41) is 47.4. The molecule has 0 radical (unpaired) electrons. The van der Waals surface area contributed by atoms with Gasteiger partial charge in [-0.05, 0) is 91.4 Å². The second-order valence-electron chi connectivity index (χ2n) is 20.2. The molecule has 3 aromatic heterocycles. The number of anilines is 1. The molecule has 1 amide bonds. The lowest BCUT2D eigenvalue weighted by molar-refractivity contribution is -0.123. The molecule has 4 aromatic carbocycles. The summed E-state index contributed by atoms with van der Waals surface area (Å²) in [6, 6.07) is 21.7. The van der Waals surface area contributed by atoms with Crippen LogP contribution in [0.2, 0.25) is 0 Å². The summed E-state index contributed by atoms with van der Waals surface area (Å²) in [6.07, 6.45) is 1.44. The van der Waals surface area contributed by atoms with Crippen molar-refractivity contribution in [3.05, 3.63) is 102 Å². The molecule has 4 fully saturated rings. The molecule has 17 nitrogen and oxygen atoms in total. The number of pyridine rings is 1. The van der Waals surface area contributed by atoms with Gasteiger partial charge in [0.15, 0.2) is 11.6 Å². The van der Waals surface area contributed by atoms with E-state index >= 15 is 4.39 Å². The van der Waals surface area contributed by atoms with Crippen LogP contribution in [0.4, 0.5) is 23.4 Å². The van der Waals surface area contributed by atoms with Gasteiger partial charge in [-0.15, -0.1) is 10.2 Å². The Hall–Kier alpha value is -7.20. The average Bonchev–Trinajstić information content (AvgIpc) is 4.10. The Labute approximate surface area is 429 Å². The van der Waals surface area contributed by atoms with Crippen LogP contribution in [0, 0.1) is 5.82 Å². The number of benzene rings is 4. The largest absolute Gasteiger partial charge is 0.508 e. The summed E-state index contributed by atoms with van der Waals surface area (Å²) in [5.41, 5.74) is 2.71. The minimum Gasteiger partial charge on any atom is -0.508 e. The van der Waals surface area contributed by atoms with E-state index in [4.69, 9.17) is 14.7 Å². The topological polar surface area (TPSA) is 193 Å². The zero-order valence-electron chi connectivity index (χ0n) is 41.6. The standard InChI is InChI=1S/C54H58F4N12O5/c1-3-32-21-42(45(73)23-44(32)72)50-64-65-51(52(74)60-30-54(56,57)58)70(50)36-12-8-31(9-13-36)25-67-16-18-68(19-17-67)28-37-14-15-38(66(37)2)29-75-53-62-48-43(49(63-53)69-26-34-10-11-35(27-69)61-34)24-59-47(46(48)55)41-22-39(71)20-33-6-4-5-7-40(33)41/h4-9,12-13,20-24,34-35,37-38,61,71-73H,3,10-11,14-19,25-30H2,1-2H3,(H,60,74)/t34?,35?,37-,38+/m1/s1. The van der Waals surface area contributed by atoms with Gasteiger partial charge < -0.3 is 35.6 Å². The van der Waals surface area contributed by atoms with Gasteiger partial charge in [0, 0.05) is 100 Å². The molecule has 0 saturated carbocycles. The number of nitrogens with one attached hydrogen (secondary N) is 2. The van der Waals surface area contributed by atoms with Gasteiger partial charge in [-0.2, -0.15) is 23.1 Å². The maximum absolute atomic E-state index is 17.0. The van der Waals surface area contributed by atoms with Crippen LogP contribution in [0.1, 0.15) is 54.4 Å². The van der Waals surface area contributed by atoms with Gasteiger partial charge in [0.1, 0.15) is 47.4 Å². The predicted octanol–water partition coefficient (Wildman–Crippen LogP) is 6.80. The third-order valence-electron chi connectivity index (χ3n) is 15.3. The Morgan fingerprint density at radius 2 is 1.57 bits per heavy atom. The average molecular weight is 1030 g/mol. The number of halogens is 4. The fourth-order valence-corrected chi connectivity index (χ4v) is 11.3. The number of aryl methyl sites for hydroxylation is 1. The normalized spacial score (nSPS) is 20.6. The molecule has 11 rings (SSSR count). The van der Waals surface area contributed by atoms with Gasteiger partial charge in [-0.25, -0.2) is 4.39 Å². The number of rotatable bonds is 14. The minimum atomic E-state index is -4.65. The number of amides is 1. The summed E-state index contributed by atoms with van der Waals surface area (Å²) >= 11 is 0. The molecule has 4 aliphatic heterocycles. The van der Waals surface area contributed by atoms with Crippen LogP contribution in [-0.2, 0) is 13.0 Å². The highest BCUT2D eigenvalue weighted by molar-refractivity contribution is 6.00. The first kappa shape index (κ1) is 50.0. The minimum absolute atomic E-state index is 0.0142. The highest BCUT2D eigenvalue weighted by Gasteiger charge is 2.37. The summed E-state index contributed by atoms with van der Waals surface area (Å²) in [6.45, 7) is 6.95. The van der Waals surface area contributed by atoms with Crippen LogP contribution < -0.4 is 20.3 Å². The fraction of sp³-hybridized carbons (Fsp3) is 0.407. The third-order valence-corrected chi connectivity index (χ3v) is 15.3. The smallest absolute Gasteiger partial charge is 0.405 e. The number of likely N-dealkylation sites (N-methyl/N-ethyl adjacent to an activating group) is 1. The molecule has 0 spiro atoms. The molecule has 5 N–H and O–H groups in total. The van der Waals surface area contributed by atoms with E-state index in [1.165, 1.54) is 16.7 Å². The van der Waals surface area contributed by atoms with Gasteiger partial charge >= 0.3 is 12.2 Å². The van der Waals surface area contributed by atoms with Crippen LogP contribution in [0.3, 0.4) is 0 Å². The Morgan fingerprint density at radius 1 is 0.840 bits per heavy atom. The second-order valence-corrected chi connectivity index (χ2v) is 20.2. The third kappa shape index (κ3) is 10.3. The molecular formula is C54H58F4N12O5. The van der Waals surface area contributed by atoms with Crippen LogP contribution in [-0.4, -0.2) is 162 Å². The Kier molecular flexibility index (Phi) is 13.7. The van der Waals surface area contributed by atoms with Crippen molar-refractivity contribution in [2.75, 3.05) is 70.9 Å². The van der Waals surface area contributed by atoms with E-state index in [9.17, 15) is 33.3 Å². The van der Waals surface area contributed by atoms with Crippen LogP contribution in [0.15, 0.2) is 79.0 Å². The van der Waals surface area contributed by atoms with E-state index in [1.54, 1.807) is 24.4 Å². The number of alkyl halides is 3. The first-order chi connectivity index (χ1) is 36.2. The number of hydrogen-bond acceptors (Lipinski definition) is 15. The van der Waals surface area contributed by atoms with Gasteiger partial charge in [0.05, 0.1) is 10.9 Å². The predicted molar refractivity (Wildman–Crippen MR) is 274 cm³/mol. The number of carbonyl (C=O) groups excluding carboxylic acids is 1. The van der Waals surface area contributed by atoms with Crippen molar-refractivity contribution in [3.8, 4) is 51.6 Å². The molecule has 4 saturated heterocycles. The number of carbonyl (C=O) groups is 1. The molecule has 4 aliphatic rings. The first-order valence-electron chi connectivity index (χ1n) is 25.5. The number of phenols is 3. The van der Waals surface area contributed by atoms with E-state index in [-0.39, 0.29) is 51.9 Å². The van der Waals surface area contributed by atoms with Crippen LogP contribution in [0.5, 0.6) is 23.3 Å². The van der Waals surface area contributed by atoms with Crippen molar-refractivity contribution < 1.29 is 42.4 Å². The summed E-state index contributed by atoms with van der Waals surface area (Å²) < 4.78 is 64.0. The monoisotopic (exact) mass is 1030 g/mol. The molecule has 7 aromatic rings. The number of nitrogens with zero attached hydrogens (tertiary/aromatic N) is 10. The van der Waals surface area contributed by atoms with Crippen molar-refractivity contribution in [1.82, 2.24) is 55.0 Å². The molecule has 0 aliphatic carbocycles. The Bertz CT molecular complexity index is 3250. The van der Waals surface area contributed by atoms with Gasteiger partial charge in [0.25, 0.3) is 5.91 Å². The lowest BCUT2D eigenvalue weighted by Gasteiger charge is -2.37. The lowest BCUT2D eigenvalue weighted by Crippen LogP contribution is -2.51. The number of phenolic OH excluding ortho intramolecular Hbond substituents is 3. The van der Waals surface area contributed by atoms with E-state index in [0.717, 1.165) is 93.9 Å². The summed E-state index contributed by atoms with van der Waals surface area (Å²) in [7, 11) is 2.13. The SMILES string of the molecule is CCc1cc(-c2nnc(C(=O)NCC(F)(F)F)n2-c2ccc(CN3CCN(C[C@H]4CC[C@@H](COc5nc(N6CC7CCC(C6)N7)c6cnc(-c7cc(O)cc8ccccc78)c(F)c6n5)N4C)CC3)cc2)c(O)cc1O.